The third kappa shape index (κ3) is 3.46. The third-order valence-electron chi connectivity index (χ3n) is 3.63. The quantitative estimate of drug-likeness (QED) is 0.657. The van der Waals surface area contributed by atoms with Gasteiger partial charge in [0.2, 0.25) is 0 Å². The van der Waals surface area contributed by atoms with Gasteiger partial charge in [-0.25, -0.2) is 0 Å². The summed E-state index contributed by atoms with van der Waals surface area (Å²) in [5.41, 5.74) is 0.697. The van der Waals surface area contributed by atoms with Crippen LogP contribution in [0.4, 0.5) is 11.4 Å². The summed E-state index contributed by atoms with van der Waals surface area (Å²) in [4.78, 5) is 16.8. The first-order valence-corrected chi connectivity index (χ1v) is 7.66. The van der Waals surface area contributed by atoms with Gasteiger partial charge in [0.15, 0.2) is 0 Å². The maximum absolute atomic E-state index is 11.2. The lowest BCUT2D eigenvalue weighted by molar-refractivity contribution is -0.384. The molecule has 2 heterocycles. The Morgan fingerprint density at radius 1 is 1.60 bits per heavy atom. The first kappa shape index (κ1) is 15.2. The predicted octanol–water partition coefficient (Wildman–Crippen LogP) is 2.58. The molecule has 20 heavy (non-hydrogen) atoms. The van der Waals surface area contributed by atoms with Crippen molar-refractivity contribution in [2.45, 2.75) is 19.8 Å². The molecule has 2 rings (SSSR count). The van der Waals surface area contributed by atoms with E-state index in [0.717, 1.165) is 26.2 Å². The van der Waals surface area contributed by atoms with Gasteiger partial charge < -0.3 is 10.2 Å². The van der Waals surface area contributed by atoms with Crippen molar-refractivity contribution < 1.29 is 4.92 Å². The summed E-state index contributed by atoms with van der Waals surface area (Å²) in [5, 5.41) is 14.6. The molecule has 0 bridgehead atoms. The minimum absolute atomic E-state index is 0.0602. The van der Waals surface area contributed by atoms with Crippen molar-refractivity contribution >= 4 is 27.3 Å². The van der Waals surface area contributed by atoms with Crippen LogP contribution in [-0.2, 0) is 0 Å². The second-order valence-corrected chi connectivity index (χ2v) is 5.85. The third-order valence-corrected chi connectivity index (χ3v) is 4.21. The fourth-order valence-corrected chi connectivity index (χ4v) is 3.21. The summed E-state index contributed by atoms with van der Waals surface area (Å²) < 4.78 is 0.678. The summed E-state index contributed by atoms with van der Waals surface area (Å²) in [6, 6.07) is 0. The molecule has 0 aromatic carbocycles. The highest BCUT2D eigenvalue weighted by atomic mass is 79.9. The van der Waals surface area contributed by atoms with Gasteiger partial charge in [-0.1, -0.05) is 0 Å². The predicted molar refractivity (Wildman–Crippen MR) is 82.1 cm³/mol. The molecular weight excluding hydrogens is 324 g/mol. The Bertz CT molecular complexity index is 477. The van der Waals surface area contributed by atoms with Gasteiger partial charge >= 0.3 is 5.69 Å². The first-order valence-electron chi connectivity index (χ1n) is 6.87. The molecule has 6 nitrogen and oxygen atoms in total. The van der Waals surface area contributed by atoms with Gasteiger partial charge in [0.1, 0.15) is 11.9 Å². The topological polar surface area (TPSA) is 71.3 Å². The zero-order valence-electron chi connectivity index (χ0n) is 11.5. The molecule has 1 aromatic rings. The molecule has 1 unspecified atom stereocenters. The van der Waals surface area contributed by atoms with Crippen LogP contribution in [0.5, 0.6) is 0 Å². The smallest absolute Gasteiger partial charge is 0.311 e. The fourth-order valence-electron chi connectivity index (χ4n) is 2.63. The van der Waals surface area contributed by atoms with Crippen molar-refractivity contribution in [1.82, 2.24) is 10.3 Å². The van der Waals surface area contributed by atoms with Gasteiger partial charge in [-0.3, -0.25) is 15.1 Å². The number of hydrogen-bond acceptors (Lipinski definition) is 5. The average molecular weight is 343 g/mol. The van der Waals surface area contributed by atoms with E-state index in [-0.39, 0.29) is 10.6 Å². The van der Waals surface area contributed by atoms with E-state index in [9.17, 15) is 10.1 Å². The van der Waals surface area contributed by atoms with Crippen molar-refractivity contribution in [3.05, 3.63) is 27.0 Å². The molecule has 110 valence electrons. The van der Waals surface area contributed by atoms with E-state index in [4.69, 9.17) is 0 Å². The van der Waals surface area contributed by atoms with Crippen LogP contribution < -0.4 is 10.2 Å². The van der Waals surface area contributed by atoms with Crippen LogP contribution in [-0.4, -0.2) is 36.1 Å². The van der Waals surface area contributed by atoms with Gasteiger partial charge in [0.05, 0.1) is 9.40 Å². The van der Waals surface area contributed by atoms with Crippen LogP contribution in [0.1, 0.15) is 19.8 Å². The van der Waals surface area contributed by atoms with Crippen molar-refractivity contribution in [1.29, 1.82) is 0 Å². The van der Waals surface area contributed by atoms with Gasteiger partial charge in [-0.15, -0.1) is 0 Å². The Morgan fingerprint density at radius 3 is 3.00 bits per heavy atom. The van der Waals surface area contributed by atoms with E-state index in [1.807, 2.05) is 6.92 Å². The minimum atomic E-state index is -0.366. The monoisotopic (exact) mass is 342 g/mol. The van der Waals surface area contributed by atoms with Gasteiger partial charge in [0, 0.05) is 19.3 Å². The summed E-state index contributed by atoms with van der Waals surface area (Å²) in [6.07, 6.45) is 5.27. The molecule has 0 aliphatic carbocycles. The van der Waals surface area contributed by atoms with E-state index in [1.165, 1.54) is 19.0 Å². The summed E-state index contributed by atoms with van der Waals surface area (Å²) in [7, 11) is 0. The lowest BCUT2D eigenvalue weighted by Crippen LogP contribution is -2.38. The molecule has 1 saturated heterocycles. The average Bonchev–Trinajstić information content (AvgIpc) is 2.46. The number of nitrogens with one attached hydrogen (secondary N) is 1. The number of halogens is 1. The molecule has 0 saturated carbocycles. The van der Waals surface area contributed by atoms with Gasteiger partial charge in [-0.2, -0.15) is 0 Å². The zero-order valence-corrected chi connectivity index (χ0v) is 13.1. The Balaban J connectivity index is 2.24. The van der Waals surface area contributed by atoms with Crippen LogP contribution in [0.25, 0.3) is 0 Å². The lowest BCUT2D eigenvalue weighted by Gasteiger charge is -2.31. The van der Waals surface area contributed by atoms with E-state index < -0.39 is 0 Å². The Hall–Kier alpha value is -1.21. The van der Waals surface area contributed by atoms with Crippen LogP contribution in [0.3, 0.4) is 0 Å². The van der Waals surface area contributed by atoms with E-state index in [0.29, 0.717) is 16.1 Å². The van der Waals surface area contributed by atoms with Gasteiger partial charge in [-0.05, 0) is 54.7 Å². The molecule has 1 aliphatic rings. The molecule has 1 N–H and O–H groups in total. The normalized spacial score (nSPS) is 18.8. The summed E-state index contributed by atoms with van der Waals surface area (Å²) in [5.74, 6) is 0.531. The van der Waals surface area contributed by atoms with Crippen molar-refractivity contribution in [2.75, 3.05) is 31.1 Å². The Morgan fingerprint density at radius 2 is 2.40 bits per heavy atom. The second kappa shape index (κ2) is 6.99. The molecule has 1 aromatic heterocycles. The molecule has 1 fully saturated rings. The van der Waals surface area contributed by atoms with Crippen LogP contribution in [0.2, 0.25) is 0 Å². The van der Waals surface area contributed by atoms with Crippen LogP contribution >= 0.6 is 15.9 Å². The molecule has 0 radical (unpaired) electrons. The molecule has 1 atom stereocenters. The summed E-state index contributed by atoms with van der Waals surface area (Å²) >= 11 is 3.40. The Labute approximate surface area is 126 Å². The van der Waals surface area contributed by atoms with E-state index >= 15 is 0 Å². The molecule has 0 spiro atoms. The zero-order chi connectivity index (χ0) is 14.5. The maximum atomic E-state index is 11.2. The molecule has 7 heteroatoms. The van der Waals surface area contributed by atoms with E-state index in [1.54, 1.807) is 6.20 Å². The molecular formula is C13H19BrN4O2. The fraction of sp³-hybridized carbons (Fsp3) is 0.615. The highest BCUT2D eigenvalue weighted by Gasteiger charge is 2.25. The second-order valence-electron chi connectivity index (χ2n) is 5.00. The number of pyridine rings is 1. The highest BCUT2D eigenvalue weighted by Crippen LogP contribution is 2.35. The number of piperidine rings is 1. The van der Waals surface area contributed by atoms with Crippen molar-refractivity contribution in [3.8, 4) is 0 Å². The Kier molecular flexibility index (Phi) is 5.31. The number of nitro groups is 1. The minimum Gasteiger partial charge on any atom is -0.365 e. The molecule has 1 aliphatic heterocycles. The number of hydrogen-bond donors (Lipinski definition) is 1. The molecule has 0 amide bonds. The van der Waals surface area contributed by atoms with Gasteiger partial charge in [0.25, 0.3) is 0 Å². The highest BCUT2D eigenvalue weighted by molar-refractivity contribution is 9.10. The lowest BCUT2D eigenvalue weighted by atomic mass is 9.99. The number of nitrogens with zero attached hydrogens (tertiary/aromatic N) is 3. The van der Waals surface area contributed by atoms with Crippen molar-refractivity contribution in [3.63, 3.8) is 0 Å². The number of anilines is 1. The SMILES string of the molecule is CCN(CC1CCCNC1)c1c(Br)cncc1[N+](=O)[O-]. The number of rotatable bonds is 5. The number of aromatic nitrogens is 1. The van der Waals surface area contributed by atoms with E-state index in [2.05, 4.69) is 31.1 Å². The standard InChI is InChI=1S/C13H19BrN4O2/c1-2-17(9-10-4-3-5-15-6-10)13-11(14)7-16-8-12(13)18(19)20/h7-8,10,15H,2-6,9H2,1H3. The largest absolute Gasteiger partial charge is 0.365 e. The van der Waals surface area contributed by atoms with Crippen molar-refractivity contribution in [2.24, 2.45) is 5.92 Å². The summed E-state index contributed by atoms with van der Waals surface area (Å²) in [6.45, 7) is 5.63. The van der Waals surface area contributed by atoms with Crippen LogP contribution in [0.15, 0.2) is 16.9 Å². The van der Waals surface area contributed by atoms with Crippen LogP contribution in [0, 0.1) is 16.0 Å². The maximum Gasteiger partial charge on any atom is 0.311 e. The first-order chi connectivity index (χ1) is 9.63.